The van der Waals surface area contributed by atoms with Gasteiger partial charge in [0.05, 0.1) is 17.6 Å². The van der Waals surface area contributed by atoms with Crippen LogP contribution in [-0.4, -0.2) is 44.8 Å². The number of halogens is 1. The van der Waals surface area contributed by atoms with E-state index < -0.39 is 11.5 Å². The zero-order valence-corrected chi connectivity index (χ0v) is 18.0. The molecule has 32 heavy (non-hydrogen) atoms. The summed E-state index contributed by atoms with van der Waals surface area (Å²) in [5.41, 5.74) is 2.49. The predicted octanol–water partition coefficient (Wildman–Crippen LogP) is 2.70. The normalized spacial score (nSPS) is 11.3. The zero-order valence-electron chi connectivity index (χ0n) is 18.0. The molecule has 0 aliphatic heterocycles. The fourth-order valence-corrected chi connectivity index (χ4v) is 3.55. The van der Waals surface area contributed by atoms with Crippen LogP contribution in [0.1, 0.15) is 35.1 Å². The van der Waals surface area contributed by atoms with Gasteiger partial charge in [0.15, 0.2) is 0 Å². The largest absolute Gasteiger partial charge is 0.382 e. The van der Waals surface area contributed by atoms with Crippen molar-refractivity contribution >= 4 is 22.6 Å². The van der Waals surface area contributed by atoms with Gasteiger partial charge < -0.3 is 10.1 Å². The van der Waals surface area contributed by atoms with E-state index in [9.17, 15) is 14.0 Å². The summed E-state index contributed by atoms with van der Waals surface area (Å²) in [7, 11) is 0. The van der Waals surface area contributed by atoms with E-state index in [1.54, 1.807) is 12.1 Å². The first kappa shape index (κ1) is 21.6. The Balaban J connectivity index is 1.75. The van der Waals surface area contributed by atoms with Crippen molar-refractivity contribution in [2.75, 3.05) is 19.8 Å². The first-order chi connectivity index (χ1) is 15.5. The lowest BCUT2D eigenvalue weighted by Gasteiger charge is -2.12. The number of nitrogens with one attached hydrogen (secondary N) is 1. The molecule has 0 aliphatic carbocycles. The highest BCUT2D eigenvalue weighted by Gasteiger charge is 2.19. The van der Waals surface area contributed by atoms with Crippen LogP contribution in [0.5, 0.6) is 0 Å². The minimum atomic E-state index is -0.457. The lowest BCUT2D eigenvalue weighted by molar-refractivity contribution is 0.0934. The Kier molecular flexibility index (Phi) is 6.27. The van der Waals surface area contributed by atoms with Crippen LogP contribution in [0.25, 0.3) is 16.7 Å². The highest BCUT2D eigenvalue weighted by molar-refractivity contribution is 5.91. The van der Waals surface area contributed by atoms with Crippen molar-refractivity contribution in [2.45, 2.75) is 26.8 Å². The van der Waals surface area contributed by atoms with Gasteiger partial charge in [-0.05, 0) is 55.7 Å². The Morgan fingerprint density at radius 3 is 2.81 bits per heavy atom. The second-order valence-corrected chi connectivity index (χ2v) is 7.49. The molecule has 0 aliphatic rings. The number of carbonyl (C=O) groups is 1. The van der Waals surface area contributed by atoms with Gasteiger partial charge in [-0.25, -0.2) is 8.91 Å². The van der Waals surface area contributed by atoms with Crippen LogP contribution in [0, 0.1) is 12.7 Å². The monoisotopic (exact) mass is 437 g/mol. The van der Waals surface area contributed by atoms with Crippen LogP contribution in [0.4, 0.5) is 4.39 Å². The van der Waals surface area contributed by atoms with Crippen molar-refractivity contribution in [2.24, 2.45) is 0 Å². The average Bonchev–Trinajstić information content (AvgIpc) is 3.22. The molecule has 0 saturated heterocycles. The fourth-order valence-electron chi connectivity index (χ4n) is 3.55. The number of carbonyl (C=O) groups excluding carboxylic acids is 1. The van der Waals surface area contributed by atoms with E-state index in [2.05, 4.69) is 15.4 Å². The van der Waals surface area contributed by atoms with E-state index in [0.29, 0.717) is 42.8 Å². The van der Waals surface area contributed by atoms with Crippen LogP contribution in [-0.2, 0) is 11.3 Å². The number of hydrogen-bond donors (Lipinski definition) is 1. The molecule has 0 atom stereocenters. The molecular weight excluding hydrogens is 413 g/mol. The van der Waals surface area contributed by atoms with Crippen LogP contribution < -0.4 is 10.9 Å². The summed E-state index contributed by atoms with van der Waals surface area (Å²) in [6.45, 7) is 5.58. The van der Waals surface area contributed by atoms with Crippen molar-refractivity contribution < 1.29 is 13.9 Å². The molecule has 4 aromatic rings. The summed E-state index contributed by atoms with van der Waals surface area (Å²) in [4.78, 5) is 30.1. The number of nitrogens with zero attached hydrogens (tertiary/aromatic N) is 4. The molecule has 166 valence electrons. The van der Waals surface area contributed by atoms with Gasteiger partial charge in [-0.3, -0.25) is 14.2 Å². The molecule has 2 aromatic heterocycles. The molecule has 0 bridgehead atoms. The average molecular weight is 437 g/mol. The smallest absolute Gasteiger partial charge is 0.296 e. The van der Waals surface area contributed by atoms with E-state index in [1.165, 1.54) is 21.2 Å². The quantitative estimate of drug-likeness (QED) is 0.428. The van der Waals surface area contributed by atoms with Gasteiger partial charge >= 0.3 is 0 Å². The number of rotatable bonds is 8. The molecule has 0 unspecified atom stereocenters. The highest BCUT2D eigenvalue weighted by atomic mass is 19.1. The van der Waals surface area contributed by atoms with E-state index in [1.807, 2.05) is 32.0 Å². The van der Waals surface area contributed by atoms with Gasteiger partial charge in [-0.1, -0.05) is 18.2 Å². The molecule has 2 heterocycles. The fraction of sp³-hybridized carbons (Fsp3) is 0.304. The summed E-state index contributed by atoms with van der Waals surface area (Å²) in [5, 5.41) is 7.05. The number of aryl methyl sites for hydroxylation is 1. The standard InChI is InChI=1S/C23H24FN5O3/c1-3-32-11-5-10-25-22(30)20-26-21-23(31)28(14-16-6-4-7-17(24)13-16)19-12-15(2)8-9-18(19)29(21)27-20/h4,6-9,12-13H,3,5,10-11,14H2,1-2H3,(H,25,30). The van der Waals surface area contributed by atoms with Gasteiger partial charge in [0.1, 0.15) is 5.82 Å². The van der Waals surface area contributed by atoms with Gasteiger partial charge in [0, 0.05) is 19.8 Å². The summed E-state index contributed by atoms with van der Waals surface area (Å²) in [6.07, 6.45) is 0.662. The Morgan fingerprint density at radius 1 is 1.19 bits per heavy atom. The molecule has 9 heteroatoms. The van der Waals surface area contributed by atoms with Crippen molar-refractivity contribution in [1.82, 2.24) is 24.5 Å². The number of hydrogen-bond acceptors (Lipinski definition) is 5. The summed E-state index contributed by atoms with van der Waals surface area (Å²) in [6, 6.07) is 11.7. The topological polar surface area (TPSA) is 90.5 Å². The highest BCUT2D eigenvalue weighted by Crippen LogP contribution is 2.17. The number of fused-ring (bicyclic) bond motifs is 3. The predicted molar refractivity (Wildman–Crippen MR) is 118 cm³/mol. The van der Waals surface area contributed by atoms with Gasteiger partial charge in [0.25, 0.3) is 11.5 Å². The van der Waals surface area contributed by atoms with Crippen molar-refractivity contribution in [3.05, 3.63) is 75.6 Å². The minimum absolute atomic E-state index is 0.0391. The summed E-state index contributed by atoms with van der Waals surface area (Å²) < 4.78 is 21.9. The molecular formula is C23H24FN5O3. The van der Waals surface area contributed by atoms with Gasteiger partial charge in [-0.2, -0.15) is 4.98 Å². The number of amides is 1. The third-order valence-electron chi connectivity index (χ3n) is 5.08. The number of ether oxygens (including phenoxy) is 1. The molecule has 0 saturated carbocycles. The molecule has 2 aromatic carbocycles. The molecule has 0 radical (unpaired) electrons. The van der Waals surface area contributed by atoms with Crippen LogP contribution in [0.3, 0.4) is 0 Å². The summed E-state index contributed by atoms with van der Waals surface area (Å²) >= 11 is 0. The van der Waals surface area contributed by atoms with E-state index in [-0.39, 0.29) is 23.8 Å². The van der Waals surface area contributed by atoms with Crippen molar-refractivity contribution in [3.8, 4) is 0 Å². The maximum Gasteiger partial charge on any atom is 0.296 e. The first-order valence-electron chi connectivity index (χ1n) is 10.5. The van der Waals surface area contributed by atoms with Crippen molar-refractivity contribution in [1.29, 1.82) is 0 Å². The Hall–Kier alpha value is -3.59. The second kappa shape index (κ2) is 9.27. The minimum Gasteiger partial charge on any atom is -0.382 e. The van der Waals surface area contributed by atoms with E-state index in [0.717, 1.165) is 5.56 Å². The van der Waals surface area contributed by atoms with Gasteiger partial charge in [-0.15, -0.1) is 5.10 Å². The van der Waals surface area contributed by atoms with Gasteiger partial charge in [0.2, 0.25) is 11.5 Å². The SMILES string of the molecule is CCOCCCNC(=O)c1nc2c(=O)n(Cc3cccc(F)c3)c3cc(C)ccc3n2n1. The molecule has 1 N–H and O–H groups in total. The third-order valence-corrected chi connectivity index (χ3v) is 5.08. The van der Waals surface area contributed by atoms with Crippen LogP contribution >= 0.6 is 0 Å². The second-order valence-electron chi connectivity index (χ2n) is 7.49. The maximum atomic E-state index is 13.7. The first-order valence-corrected chi connectivity index (χ1v) is 10.5. The van der Waals surface area contributed by atoms with E-state index in [4.69, 9.17) is 4.74 Å². The lowest BCUT2D eigenvalue weighted by atomic mass is 10.2. The molecule has 1 amide bonds. The molecule has 0 fully saturated rings. The maximum absolute atomic E-state index is 13.7. The van der Waals surface area contributed by atoms with Crippen molar-refractivity contribution in [3.63, 3.8) is 0 Å². The summed E-state index contributed by atoms with van der Waals surface area (Å²) in [5.74, 6) is -0.909. The molecule has 0 spiro atoms. The van der Waals surface area contributed by atoms with Crippen LogP contribution in [0.2, 0.25) is 0 Å². The Bertz CT molecular complexity index is 1340. The Morgan fingerprint density at radius 2 is 2.03 bits per heavy atom. The molecule has 8 nitrogen and oxygen atoms in total. The number of benzene rings is 2. The van der Waals surface area contributed by atoms with Crippen LogP contribution in [0.15, 0.2) is 47.3 Å². The molecule has 4 rings (SSSR count). The lowest BCUT2D eigenvalue weighted by Crippen LogP contribution is -2.26. The third kappa shape index (κ3) is 4.38. The Labute approximate surface area is 183 Å². The number of aromatic nitrogens is 4. The van der Waals surface area contributed by atoms with E-state index >= 15 is 0 Å². The zero-order chi connectivity index (χ0) is 22.7.